The fraction of sp³-hybridized carbons (Fsp3) is 0.655. The highest BCUT2D eigenvalue weighted by Crippen LogP contribution is 2.63. The van der Waals surface area contributed by atoms with Crippen LogP contribution in [0.15, 0.2) is 23.8 Å². The van der Waals surface area contributed by atoms with Crippen LogP contribution in [0, 0.1) is 37.5 Å². The lowest BCUT2D eigenvalue weighted by Crippen LogP contribution is -2.45. The summed E-state index contributed by atoms with van der Waals surface area (Å²) in [5.41, 5.74) is 6.56. The van der Waals surface area contributed by atoms with Gasteiger partial charge in [0.2, 0.25) is 0 Å². The van der Waals surface area contributed by atoms with E-state index in [0.717, 1.165) is 29.2 Å². The standard InChI is InChI=1S/C29H40S2Si/c1-17-14-23-21(20-10-7-6-8-11-20)12-9-13-22(23)28(17)32(4,5)29-26-24(15-18(2)30-26)25-16-19(3)31-27(25)29/h14-16,20-23,28-29H,6-13H2,1-5H3. The molecule has 2 aromatic heterocycles. The van der Waals surface area contributed by atoms with Crippen LogP contribution in [0.2, 0.25) is 18.6 Å². The molecule has 2 heterocycles. The zero-order valence-electron chi connectivity index (χ0n) is 20.7. The molecule has 3 heteroatoms. The van der Waals surface area contributed by atoms with Gasteiger partial charge in [0.1, 0.15) is 0 Å². The minimum absolute atomic E-state index is 0.715. The summed E-state index contributed by atoms with van der Waals surface area (Å²) in [6, 6.07) is 4.99. The molecular weight excluding hydrogens is 441 g/mol. The first-order valence-corrected chi connectivity index (χ1v) is 18.0. The lowest BCUT2D eigenvalue weighted by atomic mass is 9.65. The molecule has 0 bridgehead atoms. The maximum Gasteiger partial charge on any atom is 0.0699 e. The van der Waals surface area contributed by atoms with E-state index >= 15 is 0 Å². The molecule has 2 fully saturated rings. The molecule has 2 saturated carbocycles. The molecule has 4 unspecified atom stereocenters. The Morgan fingerprint density at radius 3 is 1.97 bits per heavy atom. The minimum Gasteiger partial charge on any atom is -0.145 e. The summed E-state index contributed by atoms with van der Waals surface area (Å²) in [6.07, 6.45) is 14.8. The monoisotopic (exact) mass is 480 g/mol. The smallest absolute Gasteiger partial charge is 0.0699 e. The maximum absolute atomic E-state index is 2.83. The van der Waals surface area contributed by atoms with Crippen molar-refractivity contribution in [3.63, 3.8) is 0 Å². The number of allylic oxidation sites excluding steroid dienone is 2. The van der Waals surface area contributed by atoms with Crippen molar-refractivity contribution in [3.05, 3.63) is 43.3 Å². The number of hydrogen-bond donors (Lipinski definition) is 0. The first kappa shape index (κ1) is 21.9. The van der Waals surface area contributed by atoms with Gasteiger partial charge in [0.25, 0.3) is 0 Å². The molecule has 0 amide bonds. The topological polar surface area (TPSA) is 0 Å². The van der Waals surface area contributed by atoms with Crippen molar-refractivity contribution in [1.82, 2.24) is 0 Å². The number of fused-ring (bicyclic) bond motifs is 4. The summed E-state index contributed by atoms with van der Waals surface area (Å²) >= 11 is 4.23. The molecule has 172 valence electrons. The second-order valence-electron chi connectivity index (χ2n) is 12.1. The summed E-state index contributed by atoms with van der Waals surface area (Å²) in [7, 11) is -1.61. The van der Waals surface area contributed by atoms with E-state index < -0.39 is 8.07 Å². The Labute approximate surface area is 204 Å². The number of thiophene rings is 2. The number of hydrogen-bond acceptors (Lipinski definition) is 2. The van der Waals surface area contributed by atoms with Gasteiger partial charge in [0.05, 0.1) is 8.07 Å². The molecule has 0 spiro atoms. The summed E-state index contributed by atoms with van der Waals surface area (Å²) in [6.45, 7) is 12.7. The van der Waals surface area contributed by atoms with Crippen molar-refractivity contribution < 1.29 is 0 Å². The lowest BCUT2D eigenvalue weighted by Gasteiger charge is -2.46. The van der Waals surface area contributed by atoms with Crippen molar-refractivity contribution in [2.75, 3.05) is 0 Å². The minimum atomic E-state index is -1.61. The van der Waals surface area contributed by atoms with Crippen molar-refractivity contribution >= 4 is 30.7 Å². The van der Waals surface area contributed by atoms with E-state index in [9.17, 15) is 0 Å². The largest absolute Gasteiger partial charge is 0.145 e. The molecular formula is C29H40S2Si. The highest BCUT2D eigenvalue weighted by molar-refractivity contribution is 7.16. The van der Waals surface area contributed by atoms with E-state index in [-0.39, 0.29) is 0 Å². The van der Waals surface area contributed by atoms with Gasteiger partial charge in [0, 0.05) is 25.0 Å². The molecule has 0 aromatic carbocycles. The second-order valence-corrected chi connectivity index (χ2v) is 19.6. The van der Waals surface area contributed by atoms with Gasteiger partial charge in [0.15, 0.2) is 0 Å². The molecule has 4 aliphatic rings. The van der Waals surface area contributed by atoms with Gasteiger partial charge in [-0.05, 0) is 86.1 Å². The van der Waals surface area contributed by atoms with Gasteiger partial charge in [-0.15, -0.1) is 22.7 Å². The molecule has 4 aliphatic carbocycles. The maximum atomic E-state index is 2.83. The summed E-state index contributed by atoms with van der Waals surface area (Å²) in [4.78, 5) is 6.48. The van der Waals surface area contributed by atoms with Crippen LogP contribution in [0.4, 0.5) is 0 Å². The molecule has 4 atom stereocenters. The Morgan fingerprint density at radius 2 is 1.34 bits per heavy atom. The van der Waals surface area contributed by atoms with Crippen LogP contribution in [0.25, 0.3) is 11.1 Å². The van der Waals surface area contributed by atoms with E-state index in [4.69, 9.17) is 0 Å². The van der Waals surface area contributed by atoms with Crippen LogP contribution >= 0.6 is 22.7 Å². The average Bonchev–Trinajstić information content (AvgIpc) is 3.46. The molecule has 6 rings (SSSR count). The van der Waals surface area contributed by atoms with Crippen molar-refractivity contribution in [3.8, 4) is 11.1 Å². The Kier molecular flexibility index (Phi) is 5.43. The molecule has 32 heavy (non-hydrogen) atoms. The number of rotatable bonds is 3. The third-order valence-corrected chi connectivity index (χ3v) is 17.0. The summed E-state index contributed by atoms with van der Waals surface area (Å²) < 4.78 is 0. The normalized spacial score (nSPS) is 30.8. The molecule has 2 aromatic rings. The third-order valence-electron chi connectivity index (χ3n) is 9.82. The highest BCUT2D eigenvalue weighted by atomic mass is 32.1. The second kappa shape index (κ2) is 7.95. The van der Waals surface area contributed by atoms with Gasteiger partial charge in [-0.2, -0.15) is 0 Å². The Balaban J connectivity index is 1.37. The average molecular weight is 481 g/mol. The van der Waals surface area contributed by atoms with Crippen LogP contribution in [0.5, 0.6) is 0 Å². The third kappa shape index (κ3) is 3.24. The molecule has 0 nitrogen and oxygen atoms in total. The fourth-order valence-corrected chi connectivity index (χ4v) is 17.9. The van der Waals surface area contributed by atoms with E-state index in [2.05, 4.69) is 74.7 Å². The van der Waals surface area contributed by atoms with Crippen LogP contribution < -0.4 is 0 Å². The molecule has 0 radical (unpaired) electrons. The summed E-state index contributed by atoms with van der Waals surface area (Å²) in [5.74, 6) is 3.83. The van der Waals surface area contributed by atoms with Crippen LogP contribution in [0.1, 0.15) is 83.3 Å². The van der Waals surface area contributed by atoms with Gasteiger partial charge in [-0.25, -0.2) is 0 Å². The van der Waals surface area contributed by atoms with Gasteiger partial charge in [-0.1, -0.05) is 63.3 Å². The lowest BCUT2D eigenvalue weighted by molar-refractivity contribution is 0.117. The zero-order valence-corrected chi connectivity index (χ0v) is 23.3. The van der Waals surface area contributed by atoms with Gasteiger partial charge < -0.3 is 0 Å². The highest BCUT2D eigenvalue weighted by Gasteiger charge is 2.54. The fourth-order valence-electron chi connectivity index (χ4n) is 8.81. The molecule has 0 N–H and O–H groups in total. The predicted octanol–water partition coefficient (Wildman–Crippen LogP) is 9.73. The van der Waals surface area contributed by atoms with Gasteiger partial charge in [-0.3, -0.25) is 0 Å². The molecule has 0 saturated heterocycles. The van der Waals surface area contributed by atoms with Crippen molar-refractivity contribution in [1.29, 1.82) is 0 Å². The quantitative estimate of drug-likeness (QED) is 0.303. The first-order chi connectivity index (χ1) is 15.4. The molecule has 0 aliphatic heterocycles. The van der Waals surface area contributed by atoms with E-state index in [1.165, 1.54) is 61.1 Å². The van der Waals surface area contributed by atoms with Crippen molar-refractivity contribution in [2.24, 2.45) is 23.7 Å². The SMILES string of the molecule is CC1=CC2C(C3CCCCC3)CCCC2C1[Si](C)(C)C1c2sc(C)cc2-c2cc(C)sc21. The Hall–Kier alpha value is -0.643. The Morgan fingerprint density at radius 1 is 0.750 bits per heavy atom. The van der Waals surface area contributed by atoms with E-state index in [0.29, 0.717) is 5.54 Å². The van der Waals surface area contributed by atoms with E-state index in [1.54, 1.807) is 26.5 Å². The van der Waals surface area contributed by atoms with Gasteiger partial charge >= 0.3 is 0 Å². The number of aryl methyl sites for hydroxylation is 2. The first-order valence-electron chi connectivity index (χ1n) is 13.3. The predicted molar refractivity (Wildman–Crippen MR) is 145 cm³/mol. The van der Waals surface area contributed by atoms with E-state index in [1.807, 2.05) is 0 Å². The van der Waals surface area contributed by atoms with Crippen molar-refractivity contribution in [2.45, 2.75) is 96.3 Å². The van der Waals surface area contributed by atoms with Crippen LogP contribution in [0.3, 0.4) is 0 Å². The van der Waals surface area contributed by atoms with Crippen LogP contribution in [-0.2, 0) is 0 Å². The van der Waals surface area contributed by atoms with Crippen LogP contribution in [-0.4, -0.2) is 8.07 Å². The Bertz CT molecular complexity index is 1000. The zero-order chi connectivity index (χ0) is 22.2. The summed E-state index contributed by atoms with van der Waals surface area (Å²) in [5, 5.41) is 0.